The fourth-order valence-corrected chi connectivity index (χ4v) is 3.06. The highest BCUT2D eigenvalue weighted by molar-refractivity contribution is 5.94. The maximum Gasteiger partial charge on any atom is 0.251 e. The average molecular weight is 354 g/mol. The lowest BCUT2D eigenvalue weighted by molar-refractivity contribution is 0.0332. The number of amides is 1. The fraction of sp³-hybridized carbons (Fsp3) is 0.381. The first-order chi connectivity index (χ1) is 12.7. The molecule has 26 heavy (non-hydrogen) atoms. The highest BCUT2D eigenvalue weighted by atomic mass is 16.5. The SMILES string of the molecule is COc1ccc(C(=O)N[C@H](CN2CCOCC2)c2ccc(C)cc2)cc1. The van der Waals surface area contributed by atoms with Crippen LogP contribution in [0.3, 0.4) is 0 Å². The minimum Gasteiger partial charge on any atom is -0.497 e. The summed E-state index contributed by atoms with van der Waals surface area (Å²) >= 11 is 0. The van der Waals surface area contributed by atoms with Crippen molar-refractivity contribution in [3.8, 4) is 5.75 Å². The molecule has 1 fully saturated rings. The van der Waals surface area contributed by atoms with E-state index >= 15 is 0 Å². The normalized spacial score (nSPS) is 16.1. The Labute approximate surface area is 154 Å². The Morgan fingerprint density at radius 2 is 1.77 bits per heavy atom. The third-order valence-electron chi connectivity index (χ3n) is 4.68. The van der Waals surface area contributed by atoms with E-state index in [9.17, 15) is 4.79 Å². The quantitative estimate of drug-likeness (QED) is 0.867. The molecule has 2 aromatic rings. The maximum absolute atomic E-state index is 12.7. The van der Waals surface area contributed by atoms with E-state index in [1.54, 1.807) is 31.4 Å². The van der Waals surface area contributed by atoms with Gasteiger partial charge in [-0.2, -0.15) is 0 Å². The van der Waals surface area contributed by atoms with Crippen molar-refractivity contribution in [1.82, 2.24) is 10.2 Å². The van der Waals surface area contributed by atoms with E-state index in [1.807, 2.05) is 0 Å². The van der Waals surface area contributed by atoms with Crippen LogP contribution >= 0.6 is 0 Å². The van der Waals surface area contributed by atoms with Gasteiger partial charge in [-0.15, -0.1) is 0 Å². The van der Waals surface area contributed by atoms with Gasteiger partial charge in [-0.25, -0.2) is 0 Å². The van der Waals surface area contributed by atoms with Gasteiger partial charge in [-0.1, -0.05) is 29.8 Å². The van der Waals surface area contributed by atoms with Gasteiger partial charge in [0.1, 0.15) is 5.75 Å². The zero-order valence-corrected chi connectivity index (χ0v) is 15.4. The van der Waals surface area contributed by atoms with Crippen LogP contribution in [-0.2, 0) is 4.74 Å². The summed E-state index contributed by atoms with van der Waals surface area (Å²) in [5.74, 6) is 0.663. The van der Waals surface area contributed by atoms with Crippen LogP contribution in [0, 0.1) is 6.92 Å². The van der Waals surface area contributed by atoms with Crippen LogP contribution in [0.2, 0.25) is 0 Å². The van der Waals surface area contributed by atoms with E-state index in [2.05, 4.69) is 41.4 Å². The zero-order valence-electron chi connectivity index (χ0n) is 15.4. The topological polar surface area (TPSA) is 50.8 Å². The number of morpholine rings is 1. The van der Waals surface area contributed by atoms with E-state index in [4.69, 9.17) is 9.47 Å². The highest BCUT2D eigenvalue weighted by Gasteiger charge is 2.20. The number of carbonyl (C=O) groups excluding carboxylic acids is 1. The monoisotopic (exact) mass is 354 g/mol. The van der Waals surface area contributed by atoms with E-state index in [1.165, 1.54) is 5.56 Å². The number of nitrogens with zero attached hydrogens (tertiary/aromatic N) is 1. The molecule has 0 saturated carbocycles. The lowest BCUT2D eigenvalue weighted by Crippen LogP contribution is -2.43. The smallest absolute Gasteiger partial charge is 0.251 e. The minimum absolute atomic E-state index is 0.0664. The summed E-state index contributed by atoms with van der Waals surface area (Å²) in [4.78, 5) is 15.1. The van der Waals surface area contributed by atoms with Crippen molar-refractivity contribution >= 4 is 5.91 Å². The first-order valence-electron chi connectivity index (χ1n) is 8.97. The summed E-state index contributed by atoms with van der Waals surface area (Å²) in [6.45, 7) is 6.10. The van der Waals surface area contributed by atoms with Crippen molar-refractivity contribution in [2.24, 2.45) is 0 Å². The van der Waals surface area contributed by atoms with Gasteiger partial charge in [0.25, 0.3) is 5.91 Å². The summed E-state index contributed by atoms with van der Waals surface area (Å²) in [6, 6.07) is 15.5. The summed E-state index contributed by atoms with van der Waals surface area (Å²) in [5.41, 5.74) is 2.95. The van der Waals surface area contributed by atoms with Crippen molar-refractivity contribution in [3.05, 3.63) is 65.2 Å². The standard InChI is InChI=1S/C21H26N2O3/c1-16-3-5-17(6-4-16)20(15-23-11-13-26-14-12-23)22-21(24)18-7-9-19(25-2)10-8-18/h3-10,20H,11-15H2,1-2H3,(H,22,24)/t20-/m1/s1. The second-order valence-electron chi connectivity index (χ2n) is 6.58. The summed E-state index contributed by atoms with van der Waals surface area (Å²) in [5, 5.41) is 3.19. The van der Waals surface area contributed by atoms with Crippen LogP contribution < -0.4 is 10.1 Å². The minimum atomic E-state index is -0.0773. The molecule has 0 aliphatic carbocycles. The van der Waals surface area contributed by atoms with Crippen molar-refractivity contribution in [2.45, 2.75) is 13.0 Å². The van der Waals surface area contributed by atoms with E-state index < -0.39 is 0 Å². The molecule has 1 heterocycles. The summed E-state index contributed by atoms with van der Waals surface area (Å²) < 4.78 is 10.6. The van der Waals surface area contributed by atoms with Gasteiger partial charge in [0.05, 0.1) is 26.4 Å². The second kappa shape index (κ2) is 8.83. The number of carbonyl (C=O) groups is 1. The van der Waals surface area contributed by atoms with Crippen LogP contribution in [0.4, 0.5) is 0 Å². The number of hydrogen-bond donors (Lipinski definition) is 1. The Balaban J connectivity index is 1.74. The molecule has 0 aromatic heterocycles. The molecule has 0 bridgehead atoms. The molecule has 0 spiro atoms. The lowest BCUT2D eigenvalue weighted by atomic mass is 10.0. The second-order valence-corrected chi connectivity index (χ2v) is 6.58. The molecule has 1 aliphatic rings. The molecule has 2 aromatic carbocycles. The van der Waals surface area contributed by atoms with Crippen molar-refractivity contribution in [2.75, 3.05) is 40.0 Å². The van der Waals surface area contributed by atoms with Crippen molar-refractivity contribution in [3.63, 3.8) is 0 Å². The largest absolute Gasteiger partial charge is 0.497 e. The Kier molecular flexibility index (Phi) is 6.26. The predicted molar refractivity (Wildman–Crippen MR) is 102 cm³/mol. The van der Waals surface area contributed by atoms with Crippen molar-refractivity contribution < 1.29 is 14.3 Å². The molecule has 5 nitrogen and oxygen atoms in total. The number of hydrogen-bond acceptors (Lipinski definition) is 4. The molecule has 1 N–H and O–H groups in total. The molecule has 1 atom stereocenters. The van der Waals surface area contributed by atoms with Gasteiger partial charge >= 0.3 is 0 Å². The Morgan fingerprint density at radius 3 is 2.38 bits per heavy atom. The number of benzene rings is 2. The molecule has 138 valence electrons. The number of aryl methyl sites for hydroxylation is 1. The number of nitrogens with one attached hydrogen (secondary N) is 1. The van der Waals surface area contributed by atoms with Crippen LogP contribution in [0.25, 0.3) is 0 Å². The molecular weight excluding hydrogens is 328 g/mol. The average Bonchev–Trinajstić information content (AvgIpc) is 2.69. The van der Waals surface area contributed by atoms with E-state index in [0.29, 0.717) is 5.56 Å². The highest BCUT2D eigenvalue weighted by Crippen LogP contribution is 2.18. The number of methoxy groups -OCH3 is 1. The molecule has 1 amide bonds. The van der Waals surface area contributed by atoms with Crippen LogP contribution in [0.15, 0.2) is 48.5 Å². The summed E-state index contributed by atoms with van der Waals surface area (Å²) in [6.07, 6.45) is 0. The predicted octanol–water partition coefficient (Wildman–Crippen LogP) is 2.81. The number of ether oxygens (including phenoxy) is 2. The molecular formula is C21H26N2O3. The van der Waals surface area contributed by atoms with Gasteiger partial charge in [-0.3, -0.25) is 9.69 Å². The van der Waals surface area contributed by atoms with Gasteiger partial charge in [0.15, 0.2) is 0 Å². The van der Waals surface area contributed by atoms with E-state index in [-0.39, 0.29) is 11.9 Å². The van der Waals surface area contributed by atoms with Crippen LogP contribution in [0.5, 0.6) is 5.75 Å². The Hall–Kier alpha value is -2.37. The van der Waals surface area contributed by atoms with Gasteiger partial charge in [0, 0.05) is 25.2 Å². The molecule has 1 saturated heterocycles. The van der Waals surface area contributed by atoms with Crippen LogP contribution in [0.1, 0.15) is 27.5 Å². The van der Waals surface area contributed by atoms with Crippen LogP contribution in [-0.4, -0.2) is 50.8 Å². The molecule has 0 unspecified atom stereocenters. The zero-order chi connectivity index (χ0) is 18.4. The van der Waals surface area contributed by atoms with E-state index in [0.717, 1.165) is 44.2 Å². The number of rotatable bonds is 6. The summed E-state index contributed by atoms with van der Waals surface area (Å²) in [7, 11) is 1.62. The first kappa shape index (κ1) is 18.4. The van der Waals surface area contributed by atoms with Gasteiger partial charge < -0.3 is 14.8 Å². The van der Waals surface area contributed by atoms with Crippen molar-refractivity contribution in [1.29, 1.82) is 0 Å². The molecule has 1 aliphatic heterocycles. The maximum atomic E-state index is 12.7. The lowest BCUT2D eigenvalue weighted by Gasteiger charge is -2.31. The third-order valence-corrected chi connectivity index (χ3v) is 4.68. The molecule has 0 radical (unpaired) electrons. The Bertz CT molecular complexity index is 707. The van der Waals surface area contributed by atoms with Gasteiger partial charge in [-0.05, 0) is 36.8 Å². The van der Waals surface area contributed by atoms with Gasteiger partial charge in [0.2, 0.25) is 0 Å². The molecule has 3 rings (SSSR count). The fourth-order valence-electron chi connectivity index (χ4n) is 3.06. The molecule has 5 heteroatoms. The Morgan fingerprint density at radius 1 is 1.12 bits per heavy atom. The third kappa shape index (κ3) is 4.84. The first-order valence-corrected chi connectivity index (χ1v) is 8.97.